The Morgan fingerprint density at radius 3 is 2.74 bits per heavy atom. The Morgan fingerprint density at radius 1 is 1.37 bits per heavy atom. The molecule has 0 saturated heterocycles. The number of hydrogen-bond donors (Lipinski definition) is 1. The van der Waals surface area contributed by atoms with E-state index in [1.165, 1.54) is 0 Å². The molecule has 4 nitrogen and oxygen atoms in total. The summed E-state index contributed by atoms with van der Waals surface area (Å²) >= 11 is 0. The molecule has 1 aromatic carbocycles. The van der Waals surface area contributed by atoms with Crippen LogP contribution in [0.1, 0.15) is 26.3 Å². The molecule has 0 aliphatic rings. The fourth-order valence-electron chi connectivity index (χ4n) is 1.57. The maximum absolute atomic E-state index is 11.3. The Labute approximate surface area is 114 Å². The number of ether oxygens (including phenoxy) is 2. The van der Waals surface area contributed by atoms with Gasteiger partial charge in [-0.05, 0) is 30.5 Å². The Balaban J connectivity index is 2.58. The summed E-state index contributed by atoms with van der Waals surface area (Å²) in [5.74, 6) is 0.618. The van der Waals surface area contributed by atoms with Crippen molar-refractivity contribution >= 4 is 5.97 Å². The first-order valence-corrected chi connectivity index (χ1v) is 6.59. The second-order valence-corrected chi connectivity index (χ2v) is 4.82. The van der Waals surface area contributed by atoms with Gasteiger partial charge in [0.05, 0.1) is 13.2 Å². The van der Waals surface area contributed by atoms with Crippen LogP contribution in [-0.4, -0.2) is 30.4 Å². The molecule has 19 heavy (non-hydrogen) atoms. The maximum atomic E-state index is 11.3. The normalized spacial score (nSPS) is 12.3. The summed E-state index contributed by atoms with van der Waals surface area (Å²) in [6.07, 6.45) is -0.891. The van der Waals surface area contributed by atoms with E-state index in [4.69, 9.17) is 9.47 Å². The van der Waals surface area contributed by atoms with Gasteiger partial charge in [-0.2, -0.15) is 0 Å². The van der Waals surface area contributed by atoms with Gasteiger partial charge in [0.15, 0.2) is 6.10 Å². The van der Waals surface area contributed by atoms with Crippen molar-refractivity contribution in [3.8, 4) is 5.75 Å². The molecule has 0 spiro atoms. The van der Waals surface area contributed by atoms with Crippen LogP contribution in [0, 0.1) is 5.92 Å². The van der Waals surface area contributed by atoms with Crippen LogP contribution in [0.2, 0.25) is 0 Å². The second kappa shape index (κ2) is 7.79. The minimum Gasteiger partial charge on any atom is -0.493 e. The highest BCUT2D eigenvalue weighted by atomic mass is 16.5. The third-order valence-corrected chi connectivity index (χ3v) is 2.47. The Bertz CT molecular complexity index is 401. The predicted octanol–water partition coefficient (Wildman–Crippen LogP) is 2.19. The SMILES string of the molecule is CCOC(=O)C(O)Cc1cccc(OCC(C)C)c1. The van der Waals surface area contributed by atoms with Gasteiger partial charge in [-0.3, -0.25) is 0 Å². The highest BCUT2D eigenvalue weighted by Gasteiger charge is 2.16. The summed E-state index contributed by atoms with van der Waals surface area (Å²) < 4.78 is 10.4. The highest BCUT2D eigenvalue weighted by molar-refractivity contribution is 5.74. The van der Waals surface area contributed by atoms with Gasteiger partial charge in [0.1, 0.15) is 5.75 Å². The molecule has 0 aliphatic heterocycles. The molecule has 0 fully saturated rings. The van der Waals surface area contributed by atoms with E-state index in [0.717, 1.165) is 11.3 Å². The fraction of sp³-hybridized carbons (Fsp3) is 0.533. The Morgan fingerprint density at radius 2 is 2.11 bits per heavy atom. The molecule has 1 rings (SSSR count). The zero-order chi connectivity index (χ0) is 14.3. The van der Waals surface area contributed by atoms with Crippen LogP contribution in [-0.2, 0) is 16.0 Å². The van der Waals surface area contributed by atoms with E-state index >= 15 is 0 Å². The van der Waals surface area contributed by atoms with Gasteiger partial charge in [-0.15, -0.1) is 0 Å². The van der Waals surface area contributed by atoms with Gasteiger partial charge in [0.2, 0.25) is 0 Å². The third kappa shape index (κ3) is 5.75. The molecular weight excluding hydrogens is 244 g/mol. The van der Waals surface area contributed by atoms with Crippen LogP contribution >= 0.6 is 0 Å². The van der Waals surface area contributed by atoms with Gasteiger partial charge < -0.3 is 14.6 Å². The van der Waals surface area contributed by atoms with Gasteiger partial charge >= 0.3 is 5.97 Å². The van der Waals surface area contributed by atoms with Crippen LogP contribution in [0.4, 0.5) is 0 Å². The molecule has 106 valence electrons. The fourth-order valence-corrected chi connectivity index (χ4v) is 1.57. The van der Waals surface area contributed by atoms with Crippen molar-refractivity contribution in [2.75, 3.05) is 13.2 Å². The lowest BCUT2D eigenvalue weighted by atomic mass is 10.1. The van der Waals surface area contributed by atoms with Crippen molar-refractivity contribution < 1.29 is 19.4 Å². The minimum absolute atomic E-state index is 0.234. The number of carbonyl (C=O) groups is 1. The van der Waals surface area contributed by atoms with E-state index in [-0.39, 0.29) is 13.0 Å². The lowest BCUT2D eigenvalue weighted by Crippen LogP contribution is -2.25. The van der Waals surface area contributed by atoms with E-state index in [9.17, 15) is 9.90 Å². The number of esters is 1. The van der Waals surface area contributed by atoms with E-state index in [0.29, 0.717) is 12.5 Å². The number of carbonyl (C=O) groups excluding carboxylic acids is 1. The summed E-state index contributed by atoms with van der Waals surface area (Å²) in [5, 5.41) is 9.70. The highest BCUT2D eigenvalue weighted by Crippen LogP contribution is 2.16. The van der Waals surface area contributed by atoms with Crippen LogP contribution in [0.25, 0.3) is 0 Å². The smallest absolute Gasteiger partial charge is 0.335 e. The van der Waals surface area contributed by atoms with Crippen LogP contribution in [0.15, 0.2) is 24.3 Å². The Kier molecular flexibility index (Phi) is 6.36. The van der Waals surface area contributed by atoms with Gasteiger partial charge in [-0.25, -0.2) is 4.79 Å². The van der Waals surface area contributed by atoms with Crippen molar-refractivity contribution in [2.24, 2.45) is 5.92 Å². The number of benzene rings is 1. The van der Waals surface area contributed by atoms with Crippen LogP contribution < -0.4 is 4.74 Å². The first kappa shape index (κ1) is 15.5. The first-order chi connectivity index (χ1) is 9.02. The average molecular weight is 266 g/mol. The minimum atomic E-state index is -1.12. The molecule has 1 unspecified atom stereocenters. The molecule has 0 amide bonds. The summed E-state index contributed by atoms with van der Waals surface area (Å²) in [6, 6.07) is 7.40. The third-order valence-electron chi connectivity index (χ3n) is 2.47. The van der Waals surface area contributed by atoms with Crippen molar-refractivity contribution in [2.45, 2.75) is 33.3 Å². The standard InChI is InChI=1S/C15H22O4/c1-4-18-15(17)14(16)9-12-6-5-7-13(8-12)19-10-11(2)3/h5-8,11,14,16H,4,9-10H2,1-3H3. The summed E-state index contributed by atoms with van der Waals surface area (Å²) in [5.41, 5.74) is 0.849. The van der Waals surface area contributed by atoms with Gasteiger partial charge in [-0.1, -0.05) is 26.0 Å². The molecule has 4 heteroatoms. The molecule has 0 bridgehead atoms. The van der Waals surface area contributed by atoms with Gasteiger partial charge in [0.25, 0.3) is 0 Å². The lowest BCUT2D eigenvalue weighted by molar-refractivity contribution is -0.152. The summed E-state index contributed by atoms with van der Waals surface area (Å²) in [7, 11) is 0. The van der Waals surface area contributed by atoms with Crippen molar-refractivity contribution in [1.82, 2.24) is 0 Å². The van der Waals surface area contributed by atoms with Crippen molar-refractivity contribution in [3.05, 3.63) is 29.8 Å². The molecule has 0 heterocycles. The van der Waals surface area contributed by atoms with Crippen molar-refractivity contribution in [3.63, 3.8) is 0 Å². The number of aliphatic hydroxyl groups excluding tert-OH is 1. The number of hydrogen-bond acceptors (Lipinski definition) is 4. The van der Waals surface area contributed by atoms with Crippen molar-refractivity contribution in [1.29, 1.82) is 0 Å². The topological polar surface area (TPSA) is 55.8 Å². The predicted molar refractivity (Wildman–Crippen MR) is 73.1 cm³/mol. The maximum Gasteiger partial charge on any atom is 0.335 e. The Hall–Kier alpha value is -1.55. The average Bonchev–Trinajstić information content (AvgIpc) is 2.37. The summed E-state index contributed by atoms with van der Waals surface area (Å²) in [6.45, 7) is 6.78. The molecule has 0 aromatic heterocycles. The summed E-state index contributed by atoms with van der Waals surface area (Å²) in [4.78, 5) is 11.3. The van der Waals surface area contributed by atoms with Gasteiger partial charge in [0, 0.05) is 6.42 Å². The number of aliphatic hydroxyl groups is 1. The second-order valence-electron chi connectivity index (χ2n) is 4.82. The van der Waals surface area contributed by atoms with Crippen LogP contribution in [0.5, 0.6) is 5.75 Å². The molecule has 0 saturated carbocycles. The number of rotatable bonds is 7. The molecule has 0 aliphatic carbocycles. The zero-order valence-corrected chi connectivity index (χ0v) is 11.8. The molecule has 0 radical (unpaired) electrons. The lowest BCUT2D eigenvalue weighted by Gasteiger charge is -2.12. The largest absolute Gasteiger partial charge is 0.493 e. The molecule has 1 aromatic rings. The van der Waals surface area contributed by atoms with E-state index in [1.807, 2.05) is 24.3 Å². The molecule has 1 atom stereocenters. The van der Waals surface area contributed by atoms with E-state index in [1.54, 1.807) is 6.92 Å². The first-order valence-electron chi connectivity index (χ1n) is 6.59. The molecule has 1 N–H and O–H groups in total. The van der Waals surface area contributed by atoms with Crippen LogP contribution in [0.3, 0.4) is 0 Å². The monoisotopic (exact) mass is 266 g/mol. The zero-order valence-electron chi connectivity index (χ0n) is 11.8. The van der Waals surface area contributed by atoms with E-state index in [2.05, 4.69) is 13.8 Å². The quantitative estimate of drug-likeness (QED) is 0.769. The van der Waals surface area contributed by atoms with E-state index < -0.39 is 12.1 Å². The molecular formula is C15H22O4.